The number of alkyl halides is 3. The van der Waals surface area contributed by atoms with E-state index in [0.29, 0.717) is 6.42 Å². The summed E-state index contributed by atoms with van der Waals surface area (Å²) in [6.07, 6.45) is 1.25. The molecule has 4 heteroatoms. The first-order valence-corrected chi connectivity index (χ1v) is 4.52. The summed E-state index contributed by atoms with van der Waals surface area (Å²) in [5, 5.41) is 0. The molecular formula is C7H13Cl3O. The van der Waals surface area contributed by atoms with Crippen LogP contribution in [0.2, 0.25) is 0 Å². The zero-order valence-electron chi connectivity index (χ0n) is 6.96. The van der Waals surface area contributed by atoms with Crippen LogP contribution < -0.4 is 0 Å². The van der Waals surface area contributed by atoms with Gasteiger partial charge in [0.15, 0.2) is 3.79 Å². The van der Waals surface area contributed by atoms with E-state index >= 15 is 0 Å². The lowest BCUT2D eigenvalue weighted by atomic mass is 10.0. The summed E-state index contributed by atoms with van der Waals surface area (Å²) in [5.41, 5.74) is -0.204. The summed E-state index contributed by atoms with van der Waals surface area (Å²) >= 11 is 16.7. The molecule has 0 heterocycles. The summed E-state index contributed by atoms with van der Waals surface area (Å²) in [7, 11) is 1.65. The Kier molecular flexibility index (Phi) is 4.49. The molecule has 68 valence electrons. The average molecular weight is 220 g/mol. The zero-order valence-corrected chi connectivity index (χ0v) is 9.22. The zero-order chi connectivity index (χ0) is 9.12. The van der Waals surface area contributed by atoms with Crippen molar-refractivity contribution in [3.8, 4) is 0 Å². The maximum atomic E-state index is 5.57. The van der Waals surface area contributed by atoms with Crippen LogP contribution in [0.5, 0.6) is 0 Å². The first-order valence-electron chi connectivity index (χ1n) is 3.39. The van der Waals surface area contributed by atoms with Crippen LogP contribution in [0.1, 0.15) is 26.7 Å². The van der Waals surface area contributed by atoms with Crippen molar-refractivity contribution in [2.75, 3.05) is 7.11 Å². The topological polar surface area (TPSA) is 9.23 Å². The maximum Gasteiger partial charge on any atom is 0.190 e. The highest BCUT2D eigenvalue weighted by molar-refractivity contribution is 6.67. The van der Waals surface area contributed by atoms with E-state index in [2.05, 4.69) is 0 Å². The number of hydrogen-bond acceptors (Lipinski definition) is 1. The smallest absolute Gasteiger partial charge is 0.190 e. The van der Waals surface area contributed by atoms with Crippen LogP contribution in [0, 0.1) is 0 Å². The Hall–Kier alpha value is 0.830. The Labute approximate surface area is 83.0 Å². The summed E-state index contributed by atoms with van der Waals surface area (Å²) < 4.78 is 4.00. The molecule has 0 saturated heterocycles. The fourth-order valence-corrected chi connectivity index (χ4v) is 0.828. The third-order valence-electron chi connectivity index (χ3n) is 1.56. The van der Waals surface area contributed by atoms with E-state index < -0.39 is 3.79 Å². The Balaban J connectivity index is 3.70. The highest BCUT2D eigenvalue weighted by atomic mass is 35.6. The number of methoxy groups -OCH3 is 1. The van der Waals surface area contributed by atoms with Crippen LogP contribution in [0.3, 0.4) is 0 Å². The monoisotopic (exact) mass is 218 g/mol. The molecule has 1 nitrogen and oxygen atoms in total. The first kappa shape index (κ1) is 11.8. The lowest BCUT2D eigenvalue weighted by Crippen LogP contribution is -2.24. The van der Waals surface area contributed by atoms with Gasteiger partial charge in [0, 0.05) is 7.11 Å². The lowest BCUT2D eigenvalue weighted by Gasteiger charge is -2.24. The summed E-state index contributed by atoms with van der Waals surface area (Å²) in [5.74, 6) is 0. The number of rotatable bonds is 3. The molecule has 0 N–H and O–H groups in total. The van der Waals surface area contributed by atoms with E-state index in [4.69, 9.17) is 39.5 Å². The third kappa shape index (κ3) is 7.20. The molecule has 0 aromatic rings. The van der Waals surface area contributed by atoms with Gasteiger partial charge in [-0.3, -0.25) is 0 Å². The van der Waals surface area contributed by atoms with Crippen molar-refractivity contribution in [2.45, 2.75) is 36.1 Å². The SMILES string of the molecule is COC(C)(C)CCC(Cl)(Cl)Cl. The third-order valence-corrected chi connectivity index (χ3v) is 2.13. The fourth-order valence-electron chi connectivity index (χ4n) is 0.545. The molecule has 0 aromatic heterocycles. The predicted molar refractivity (Wildman–Crippen MR) is 50.6 cm³/mol. The minimum Gasteiger partial charge on any atom is -0.379 e. The Morgan fingerprint density at radius 1 is 1.09 bits per heavy atom. The number of ether oxygens (including phenoxy) is 1. The molecule has 0 aliphatic heterocycles. The van der Waals surface area contributed by atoms with Crippen molar-refractivity contribution >= 4 is 34.8 Å². The molecule has 0 spiro atoms. The van der Waals surface area contributed by atoms with Gasteiger partial charge in [0.2, 0.25) is 0 Å². The van der Waals surface area contributed by atoms with Crippen molar-refractivity contribution in [1.82, 2.24) is 0 Å². The molecule has 0 bridgehead atoms. The normalized spacial score (nSPS) is 13.6. The summed E-state index contributed by atoms with van der Waals surface area (Å²) in [6, 6.07) is 0. The highest BCUT2D eigenvalue weighted by Crippen LogP contribution is 2.34. The highest BCUT2D eigenvalue weighted by Gasteiger charge is 2.25. The molecule has 11 heavy (non-hydrogen) atoms. The Morgan fingerprint density at radius 2 is 1.55 bits per heavy atom. The quantitative estimate of drug-likeness (QED) is 0.660. The minimum atomic E-state index is -1.16. The van der Waals surface area contributed by atoms with Gasteiger partial charge in [-0.15, -0.1) is 0 Å². The van der Waals surface area contributed by atoms with Crippen LogP contribution in [0.4, 0.5) is 0 Å². The standard InChI is InChI=1S/C7H13Cl3O/c1-6(2,11-3)4-5-7(8,9)10/h4-5H2,1-3H3. The number of halogens is 3. The molecule has 0 unspecified atom stereocenters. The van der Waals surface area contributed by atoms with E-state index in [0.717, 1.165) is 6.42 Å². The van der Waals surface area contributed by atoms with E-state index in [9.17, 15) is 0 Å². The Bertz CT molecular complexity index is 117. The molecular weight excluding hydrogens is 206 g/mol. The van der Waals surface area contributed by atoms with Gasteiger partial charge in [0.25, 0.3) is 0 Å². The summed E-state index contributed by atoms with van der Waals surface area (Å²) in [6.45, 7) is 3.92. The second-order valence-electron chi connectivity index (χ2n) is 3.08. The largest absolute Gasteiger partial charge is 0.379 e. The van der Waals surface area contributed by atoms with Gasteiger partial charge >= 0.3 is 0 Å². The molecule has 0 aromatic carbocycles. The van der Waals surface area contributed by atoms with Crippen LogP contribution in [0.15, 0.2) is 0 Å². The van der Waals surface area contributed by atoms with Gasteiger partial charge in [-0.25, -0.2) is 0 Å². The van der Waals surface area contributed by atoms with Crippen molar-refractivity contribution in [3.05, 3.63) is 0 Å². The van der Waals surface area contributed by atoms with Gasteiger partial charge in [-0.05, 0) is 26.7 Å². The predicted octanol–water partition coefficient (Wildman–Crippen LogP) is 3.56. The Morgan fingerprint density at radius 3 is 1.82 bits per heavy atom. The second-order valence-corrected chi connectivity index (χ2v) is 5.60. The molecule has 0 saturated carbocycles. The van der Waals surface area contributed by atoms with Gasteiger partial charge in [-0.2, -0.15) is 0 Å². The van der Waals surface area contributed by atoms with E-state index in [1.165, 1.54) is 0 Å². The van der Waals surface area contributed by atoms with Gasteiger partial charge in [0.05, 0.1) is 5.60 Å². The number of hydrogen-bond donors (Lipinski definition) is 0. The average Bonchev–Trinajstić information content (AvgIpc) is 1.83. The molecule has 0 atom stereocenters. The molecule has 0 radical (unpaired) electrons. The van der Waals surface area contributed by atoms with Crippen molar-refractivity contribution < 1.29 is 4.74 Å². The second kappa shape index (κ2) is 4.18. The molecule has 0 amide bonds. The van der Waals surface area contributed by atoms with Crippen LogP contribution >= 0.6 is 34.8 Å². The van der Waals surface area contributed by atoms with Gasteiger partial charge < -0.3 is 4.74 Å². The molecule has 0 aliphatic carbocycles. The molecule has 0 aliphatic rings. The minimum absolute atomic E-state index is 0.204. The fraction of sp³-hybridized carbons (Fsp3) is 1.00. The van der Waals surface area contributed by atoms with Crippen LogP contribution in [-0.4, -0.2) is 16.5 Å². The van der Waals surface area contributed by atoms with E-state index in [-0.39, 0.29) is 5.60 Å². The molecule has 0 fully saturated rings. The summed E-state index contributed by atoms with van der Waals surface area (Å²) in [4.78, 5) is 0. The van der Waals surface area contributed by atoms with E-state index in [1.807, 2.05) is 13.8 Å². The lowest BCUT2D eigenvalue weighted by molar-refractivity contribution is 0.0141. The van der Waals surface area contributed by atoms with Crippen molar-refractivity contribution in [3.63, 3.8) is 0 Å². The van der Waals surface area contributed by atoms with E-state index in [1.54, 1.807) is 7.11 Å². The van der Waals surface area contributed by atoms with Crippen molar-refractivity contribution in [1.29, 1.82) is 0 Å². The first-order chi connectivity index (χ1) is 4.77. The molecule has 0 rings (SSSR count). The van der Waals surface area contributed by atoms with Crippen molar-refractivity contribution in [2.24, 2.45) is 0 Å². The van der Waals surface area contributed by atoms with Crippen LogP contribution in [-0.2, 0) is 4.74 Å². The van der Waals surface area contributed by atoms with Gasteiger partial charge in [0.1, 0.15) is 0 Å². The maximum absolute atomic E-state index is 5.57. The van der Waals surface area contributed by atoms with Gasteiger partial charge in [-0.1, -0.05) is 34.8 Å². The van der Waals surface area contributed by atoms with Crippen LogP contribution in [0.25, 0.3) is 0 Å².